The van der Waals surface area contributed by atoms with E-state index in [1.807, 2.05) is 0 Å². The van der Waals surface area contributed by atoms with Gasteiger partial charge in [0, 0.05) is 12.1 Å². The minimum atomic E-state index is -0.338. The molecule has 1 aliphatic heterocycles. The Bertz CT molecular complexity index is 7260. The standard InChI is InChI=1S/C72H18N2/c73-9-5-4-8-11-71-66-58-50-40-30-22-14-12-13-16-20-18(14)26-34-28(20)38-32-24(16)25-17(13)21-19-15(12)23(22)31-37-27(19)35-29(21)39-33(25)43-42(32)52-46(38)56-48(34)54(44(50)36(26)30)60(66)62(56)68-64(52)65-53(43)47(39)57-49(35)55-45(37)51(41(31)40)59(58)67(71)61(55)63(57)69(65)72(68,71)70(74-11)10-6-2-1-3-7-10/h1-3,6-7,11,70,74H,4-5,8-9,73H2/p+1. The molecule has 0 radical (unpaired) electrons. The molecule has 316 valence electrons. The third kappa shape index (κ3) is 1.58. The van der Waals surface area contributed by atoms with Gasteiger partial charge in [-0.15, -0.1) is 0 Å². The fraction of sp³-hybridized carbons (Fsp3) is 0.111. The summed E-state index contributed by atoms with van der Waals surface area (Å²) in [5.41, 5.74) is 12.5. The molecule has 74 heavy (non-hydrogen) atoms. The predicted molar refractivity (Wildman–Crippen MR) is 312 cm³/mol. The van der Waals surface area contributed by atoms with Gasteiger partial charge in [-0.2, -0.15) is 0 Å². The van der Waals surface area contributed by atoms with Gasteiger partial charge >= 0.3 is 0 Å². The van der Waals surface area contributed by atoms with E-state index in [9.17, 15) is 0 Å². The van der Waals surface area contributed by atoms with Crippen molar-refractivity contribution in [2.75, 3.05) is 6.54 Å². The zero-order valence-corrected chi connectivity index (χ0v) is 38.6. The van der Waals surface area contributed by atoms with E-state index in [0.717, 1.165) is 13.0 Å². The average Bonchev–Trinajstić information content (AvgIpc) is 3.97. The molecule has 4 N–H and O–H groups in total. The first-order chi connectivity index (χ1) is 36.9. The van der Waals surface area contributed by atoms with E-state index in [4.69, 9.17) is 5.32 Å². The van der Waals surface area contributed by atoms with Gasteiger partial charge in [-0.25, -0.2) is 0 Å². The second-order valence-electron chi connectivity index (χ2n) is 27.3. The fourth-order valence-corrected chi connectivity index (χ4v) is 26.8. The molecule has 0 bridgehead atoms. The second kappa shape index (κ2) is 6.76. The molecule has 0 aromatic heterocycles. The number of nitrogens with one attached hydrogen (secondary N) is 1. The summed E-state index contributed by atoms with van der Waals surface area (Å²) >= 11 is 0. The van der Waals surface area contributed by atoms with Crippen LogP contribution in [0.3, 0.4) is 0 Å². The van der Waals surface area contributed by atoms with E-state index in [1.54, 1.807) is 313 Å². The van der Waals surface area contributed by atoms with Crippen LogP contribution in [0.1, 0.15) is 53.1 Å². The third-order valence-corrected chi connectivity index (χ3v) is 26.9. The number of hydrogen-bond donors (Lipinski definition) is 2. The zero-order chi connectivity index (χ0) is 44.3. The van der Waals surface area contributed by atoms with Gasteiger partial charge in [0.1, 0.15) is 0 Å². The lowest BCUT2D eigenvalue weighted by Gasteiger charge is -2.53. The molecule has 29 aromatic rings. The summed E-state index contributed by atoms with van der Waals surface area (Å²) in [5.74, 6) is 0. The van der Waals surface area contributed by atoms with E-state index in [0.29, 0.717) is 0 Å². The van der Waals surface area contributed by atoms with E-state index in [1.165, 1.54) is 18.4 Å². The maximum Gasteiger partial charge on any atom is 0.0739 e. The van der Waals surface area contributed by atoms with Gasteiger partial charge in [0.15, 0.2) is 0 Å². The largest absolute Gasteiger partial charge is 0.358 e. The Morgan fingerprint density at radius 3 is 0.716 bits per heavy atom. The normalized spacial score (nSPS) is 24.0. The summed E-state index contributed by atoms with van der Waals surface area (Å²) in [7, 11) is 0. The van der Waals surface area contributed by atoms with Crippen LogP contribution in [0.25, 0.3) is 291 Å². The van der Waals surface area contributed by atoms with Gasteiger partial charge in [-0.1, -0.05) is 30.3 Å². The Hall–Kier alpha value is -8.40. The first-order valence-corrected chi connectivity index (χ1v) is 28.3. The summed E-state index contributed by atoms with van der Waals surface area (Å²) in [4.78, 5) is 0. The van der Waals surface area contributed by atoms with Crippen LogP contribution < -0.4 is 11.1 Å². The maximum atomic E-state index is 4.92. The number of rotatable bonds is 5. The van der Waals surface area contributed by atoms with Gasteiger partial charge in [0.2, 0.25) is 0 Å². The molecule has 2 heteroatoms. The Morgan fingerprint density at radius 1 is 0.270 bits per heavy atom. The van der Waals surface area contributed by atoms with E-state index in [2.05, 4.69) is 36.1 Å². The van der Waals surface area contributed by atoms with E-state index in [-0.39, 0.29) is 22.9 Å². The third-order valence-electron chi connectivity index (χ3n) is 26.9. The monoisotopic (exact) mass is 911 g/mol. The Kier molecular flexibility index (Phi) is 2.63. The first-order valence-electron chi connectivity index (χ1n) is 28.3. The smallest absolute Gasteiger partial charge is 0.0739 e. The van der Waals surface area contributed by atoms with Crippen molar-refractivity contribution in [2.24, 2.45) is 0 Å². The van der Waals surface area contributed by atoms with Crippen LogP contribution in [0.2, 0.25) is 0 Å². The van der Waals surface area contributed by atoms with Crippen molar-refractivity contribution in [3.63, 3.8) is 0 Å². The summed E-state index contributed by atoms with van der Waals surface area (Å²) in [6.45, 7) is 0.998. The number of benzene rings is 19. The molecular formula is C72H19N2+. The topological polar surface area (TPSA) is 39.7 Å². The SMILES string of the molecule is [NH3+]CCCCC1NC(c2ccccc2)C23c4c5c6c7c8c9c(c%10c%11c2c2c4c4c%12c5c5c6c6c8c8c%13c9c9c%10c%10c%11c%11c2c2c4c4c%12c%12c5c5c6c8c6c8c%13c9c9c%10c%10c%11c2c2c4c4c%12c5c6c5c8c9c%10c2c45)C713. The molecular weight excluding hydrogens is 893 g/mol. The van der Waals surface area contributed by atoms with Crippen molar-refractivity contribution in [3.8, 4) is 0 Å². The molecule has 2 unspecified atom stereocenters. The number of quaternary nitrogens is 1. The lowest BCUT2D eigenvalue weighted by Crippen LogP contribution is -2.55. The molecule has 29 aromatic carbocycles. The molecule has 2 spiro atoms. The van der Waals surface area contributed by atoms with Crippen LogP contribution in [0.4, 0.5) is 0 Å². The Balaban J connectivity index is 1.13. The molecule has 2 atom stereocenters. The highest BCUT2D eigenvalue weighted by molar-refractivity contribution is 6.82. The van der Waals surface area contributed by atoms with Crippen molar-refractivity contribution in [2.45, 2.75) is 42.2 Å². The summed E-state index contributed by atoms with van der Waals surface area (Å²) in [6.07, 6.45) is 3.54. The quantitative estimate of drug-likeness (QED) is 0.131. The Morgan fingerprint density at radius 2 is 0.486 bits per heavy atom. The van der Waals surface area contributed by atoms with Crippen LogP contribution in [0.5, 0.6) is 0 Å². The van der Waals surface area contributed by atoms with Crippen molar-refractivity contribution in [3.05, 3.63) is 58.1 Å². The summed E-state index contributed by atoms with van der Waals surface area (Å²) in [6, 6.07) is 12.5. The molecule has 1 saturated heterocycles. The van der Waals surface area contributed by atoms with Crippen LogP contribution in [0.15, 0.2) is 30.3 Å². The molecule has 1 heterocycles. The van der Waals surface area contributed by atoms with E-state index >= 15 is 0 Å². The van der Waals surface area contributed by atoms with Crippen molar-refractivity contribution in [1.29, 1.82) is 0 Å². The Labute approximate surface area is 406 Å². The van der Waals surface area contributed by atoms with Gasteiger partial charge in [0.05, 0.1) is 17.4 Å². The van der Waals surface area contributed by atoms with Crippen molar-refractivity contribution >= 4 is 291 Å². The highest BCUT2D eigenvalue weighted by Gasteiger charge is 2.77. The number of hydrogen-bond acceptors (Lipinski definition) is 1. The van der Waals surface area contributed by atoms with Gasteiger partial charge in [-0.3, -0.25) is 0 Å². The lowest BCUT2D eigenvalue weighted by atomic mass is 9.45. The molecule has 34 rings (SSSR count). The number of unbranched alkanes of at least 4 members (excludes halogenated alkanes) is 1. The summed E-state index contributed by atoms with van der Waals surface area (Å²) in [5, 5.41) is 95.5. The van der Waals surface area contributed by atoms with Gasteiger partial charge < -0.3 is 11.1 Å². The van der Waals surface area contributed by atoms with E-state index < -0.39 is 0 Å². The fourth-order valence-electron chi connectivity index (χ4n) is 26.8. The van der Waals surface area contributed by atoms with Crippen LogP contribution in [-0.4, -0.2) is 12.6 Å². The van der Waals surface area contributed by atoms with Crippen molar-refractivity contribution in [1.82, 2.24) is 5.32 Å². The molecule has 0 amide bonds. The molecule has 1 fully saturated rings. The minimum Gasteiger partial charge on any atom is -0.358 e. The van der Waals surface area contributed by atoms with Gasteiger partial charge in [0.25, 0.3) is 0 Å². The average molecular weight is 912 g/mol. The highest BCUT2D eigenvalue weighted by atomic mass is 15.1. The second-order valence-corrected chi connectivity index (χ2v) is 27.3. The maximum absolute atomic E-state index is 4.92. The minimum absolute atomic E-state index is 0.115. The van der Waals surface area contributed by atoms with Gasteiger partial charge in [-0.05, 0) is 338 Å². The zero-order valence-electron chi connectivity index (χ0n) is 38.6. The predicted octanol–water partition coefficient (Wildman–Crippen LogP) is 17.4. The highest BCUT2D eigenvalue weighted by Crippen LogP contribution is 2.87. The molecule has 2 nitrogen and oxygen atoms in total. The summed E-state index contributed by atoms with van der Waals surface area (Å²) < 4.78 is 0. The molecule has 4 aliphatic carbocycles. The molecule has 5 aliphatic rings. The lowest BCUT2D eigenvalue weighted by molar-refractivity contribution is -0.368. The molecule has 0 saturated carbocycles. The van der Waals surface area contributed by atoms with Crippen molar-refractivity contribution < 1.29 is 5.73 Å². The van der Waals surface area contributed by atoms with Crippen LogP contribution >= 0.6 is 0 Å². The first kappa shape index (κ1) is 28.7. The van der Waals surface area contributed by atoms with Crippen LogP contribution in [-0.2, 0) is 10.8 Å². The van der Waals surface area contributed by atoms with Crippen LogP contribution in [0, 0.1) is 0 Å².